The maximum Gasteiger partial charge on any atom is 0.106 e. The Morgan fingerprint density at radius 2 is 0.571 bits per heavy atom. The number of hydrogen-bond acceptors (Lipinski definition) is 8. The molecule has 0 radical (unpaired) electrons. The third-order valence-corrected chi connectivity index (χ3v) is 12.8. The van der Waals surface area contributed by atoms with E-state index in [0.717, 1.165) is 42.1 Å². The summed E-state index contributed by atoms with van der Waals surface area (Å²) >= 11 is 7.06. The molecule has 8 heteroatoms. The van der Waals surface area contributed by atoms with Crippen molar-refractivity contribution in [3.05, 3.63) is 117 Å². The van der Waals surface area contributed by atoms with E-state index in [0.29, 0.717) is 0 Å². The number of hydrogen-bond donors (Lipinski definition) is 0. The molecule has 0 unspecified atom stereocenters. The van der Waals surface area contributed by atoms with Crippen LogP contribution in [-0.2, 0) is 10.8 Å². The Balaban J connectivity index is 0.000000137. The first-order chi connectivity index (χ1) is 20.3. The number of rotatable bonds is 4. The zero-order chi connectivity index (χ0) is 28.9. The SMILES string of the molecule is CC(C)(c1nc2ccccc2s1)c1nc2ccccc2s1.CC(C)(c1nc2ccccc2s1)c1nc2ccccc2s1. The molecule has 0 aliphatic carbocycles. The maximum absolute atomic E-state index is 4.82. The van der Waals surface area contributed by atoms with Crippen LogP contribution in [0.2, 0.25) is 0 Å². The fraction of sp³-hybridized carbons (Fsp3) is 0.176. The molecule has 42 heavy (non-hydrogen) atoms. The molecule has 0 aliphatic rings. The molecule has 4 heterocycles. The van der Waals surface area contributed by atoms with E-state index in [-0.39, 0.29) is 10.8 Å². The monoisotopic (exact) mass is 620 g/mol. The van der Waals surface area contributed by atoms with Gasteiger partial charge in [0.25, 0.3) is 0 Å². The lowest BCUT2D eigenvalue weighted by molar-refractivity contribution is 0.633. The van der Waals surface area contributed by atoms with E-state index in [9.17, 15) is 0 Å². The van der Waals surface area contributed by atoms with Gasteiger partial charge < -0.3 is 0 Å². The number of para-hydroxylation sites is 4. The number of benzene rings is 4. The molecule has 8 rings (SSSR count). The van der Waals surface area contributed by atoms with Crippen molar-refractivity contribution in [1.29, 1.82) is 0 Å². The van der Waals surface area contributed by atoms with Crippen LogP contribution in [-0.4, -0.2) is 19.9 Å². The molecule has 0 bridgehead atoms. The fourth-order valence-corrected chi connectivity index (χ4v) is 9.15. The Bertz CT molecular complexity index is 1740. The van der Waals surface area contributed by atoms with Gasteiger partial charge in [-0.2, -0.15) is 0 Å². The predicted molar refractivity (Wildman–Crippen MR) is 183 cm³/mol. The largest absolute Gasteiger partial charge is 0.240 e. The average Bonchev–Trinajstić information content (AvgIpc) is 3.80. The number of fused-ring (bicyclic) bond motifs is 4. The van der Waals surface area contributed by atoms with Crippen molar-refractivity contribution in [1.82, 2.24) is 19.9 Å². The first-order valence-corrected chi connectivity index (χ1v) is 17.0. The highest BCUT2D eigenvalue weighted by Crippen LogP contribution is 2.41. The lowest BCUT2D eigenvalue weighted by Crippen LogP contribution is -2.18. The van der Waals surface area contributed by atoms with Crippen LogP contribution in [0.4, 0.5) is 0 Å². The Morgan fingerprint density at radius 1 is 0.357 bits per heavy atom. The van der Waals surface area contributed by atoms with E-state index in [1.165, 1.54) is 18.8 Å². The zero-order valence-corrected chi connectivity index (χ0v) is 26.9. The lowest BCUT2D eigenvalue weighted by Gasteiger charge is -2.18. The van der Waals surface area contributed by atoms with Crippen LogP contribution in [0.5, 0.6) is 0 Å². The summed E-state index contributed by atoms with van der Waals surface area (Å²) in [4.78, 5) is 19.3. The van der Waals surface area contributed by atoms with Crippen molar-refractivity contribution in [3.63, 3.8) is 0 Å². The highest BCUT2D eigenvalue weighted by atomic mass is 32.1. The Hall–Kier alpha value is -3.56. The molecule has 8 aromatic rings. The normalized spacial score (nSPS) is 12.3. The predicted octanol–water partition coefficient (Wildman–Crippen LogP) is 10.5. The van der Waals surface area contributed by atoms with Crippen LogP contribution in [0.3, 0.4) is 0 Å². The van der Waals surface area contributed by atoms with E-state index >= 15 is 0 Å². The van der Waals surface area contributed by atoms with Crippen molar-refractivity contribution in [2.75, 3.05) is 0 Å². The second-order valence-electron chi connectivity index (χ2n) is 11.2. The third-order valence-electron chi connectivity index (χ3n) is 7.31. The van der Waals surface area contributed by atoms with E-state index in [1.54, 1.807) is 45.3 Å². The fourth-order valence-electron chi connectivity index (χ4n) is 4.74. The molecule has 208 valence electrons. The van der Waals surface area contributed by atoms with Gasteiger partial charge in [-0.15, -0.1) is 45.3 Å². The van der Waals surface area contributed by atoms with Crippen LogP contribution < -0.4 is 0 Å². The summed E-state index contributed by atoms with van der Waals surface area (Å²) in [6, 6.07) is 33.2. The van der Waals surface area contributed by atoms with E-state index in [4.69, 9.17) is 19.9 Å². The molecular formula is C34H28N4S4. The Morgan fingerprint density at radius 3 is 0.786 bits per heavy atom. The lowest BCUT2D eigenvalue weighted by atomic mass is 9.95. The van der Waals surface area contributed by atoms with Gasteiger partial charge in [0, 0.05) is 0 Å². The summed E-state index contributed by atoms with van der Waals surface area (Å²) in [5.74, 6) is 0. The summed E-state index contributed by atoms with van der Waals surface area (Å²) in [7, 11) is 0. The first-order valence-electron chi connectivity index (χ1n) is 13.7. The second-order valence-corrected chi connectivity index (χ2v) is 15.3. The standard InChI is InChI=1S/2C17H14N2S2/c2*1-17(2,15-18-11-7-3-5-9-13(11)20-15)16-19-12-8-4-6-10-14(12)21-16/h2*3-10H,1-2H3. The van der Waals surface area contributed by atoms with E-state index < -0.39 is 0 Å². The third kappa shape index (κ3) is 4.92. The smallest absolute Gasteiger partial charge is 0.106 e. The zero-order valence-electron chi connectivity index (χ0n) is 23.7. The molecule has 4 aromatic heterocycles. The number of aromatic nitrogens is 4. The summed E-state index contributed by atoms with van der Waals surface area (Å²) in [6.07, 6.45) is 0. The summed E-state index contributed by atoms with van der Waals surface area (Å²) < 4.78 is 4.95. The molecule has 0 saturated heterocycles. The van der Waals surface area contributed by atoms with Crippen molar-refractivity contribution >= 4 is 86.2 Å². The highest BCUT2D eigenvalue weighted by molar-refractivity contribution is 7.21. The Labute approximate surface area is 260 Å². The molecule has 0 fully saturated rings. The van der Waals surface area contributed by atoms with Crippen molar-refractivity contribution in [3.8, 4) is 0 Å². The summed E-state index contributed by atoms with van der Waals surface area (Å²) in [5.41, 5.74) is 3.98. The minimum absolute atomic E-state index is 0.159. The molecule has 4 nitrogen and oxygen atoms in total. The quantitative estimate of drug-likeness (QED) is 0.196. The highest BCUT2D eigenvalue weighted by Gasteiger charge is 2.31. The summed E-state index contributed by atoms with van der Waals surface area (Å²) in [5, 5.41) is 4.51. The van der Waals surface area contributed by atoms with Gasteiger partial charge in [-0.25, -0.2) is 19.9 Å². The van der Waals surface area contributed by atoms with Gasteiger partial charge in [0.2, 0.25) is 0 Å². The van der Waals surface area contributed by atoms with Crippen molar-refractivity contribution < 1.29 is 0 Å². The molecular weight excluding hydrogens is 593 g/mol. The van der Waals surface area contributed by atoms with Gasteiger partial charge in [-0.1, -0.05) is 48.5 Å². The Kier molecular flexibility index (Phi) is 6.89. The van der Waals surface area contributed by atoms with Crippen LogP contribution in [0.1, 0.15) is 47.7 Å². The summed E-state index contributed by atoms with van der Waals surface area (Å²) in [6.45, 7) is 8.84. The molecule has 0 aliphatic heterocycles. The van der Waals surface area contributed by atoms with E-state index in [2.05, 4.69) is 100 Å². The minimum atomic E-state index is -0.159. The topological polar surface area (TPSA) is 51.6 Å². The molecule has 0 saturated carbocycles. The van der Waals surface area contributed by atoms with Gasteiger partial charge in [-0.3, -0.25) is 0 Å². The minimum Gasteiger partial charge on any atom is -0.240 e. The van der Waals surface area contributed by atoms with Crippen LogP contribution in [0, 0.1) is 0 Å². The maximum atomic E-state index is 4.82. The van der Waals surface area contributed by atoms with Gasteiger partial charge >= 0.3 is 0 Å². The van der Waals surface area contributed by atoms with Crippen LogP contribution in [0.25, 0.3) is 40.9 Å². The van der Waals surface area contributed by atoms with Gasteiger partial charge in [-0.05, 0) is 76.2 Å². The molecule has 4 aromatic carbocycles. The van der Waals surface area contributed by atoms with Crippen LogP contribution in [0.15, 0.2) is 97.1 Å². The first kappa shape index (κ1) is 27.3. The molecule has 0 amide bonds. The van der Waals surface area contributed by atoms with Gasteiger partial charge in [0.1, 0.15) is 20.0 Å². The van der Waals surface area contributed by atoms with E-state index in [1.807, 2.05) is 24.3 Å². The number of thiazole rings is 4. The van der Waals surface area contributed by atoms with Gasteiger partial charge in [0.05, 0.1) is 51.7 Å². The average molecular weight is 621 g/mol. The molecule has 0 spiro atoms. The van der Waals surface area contributed by atoms with Crippen LogP contribution >= 0.6 is 45.3 Å². The molecule has 0 N–H and O–H groups in total. The van der Waals surface area contributed by atoms with Crippen molar-refractivity contribution in [2.45, 2.75) is 38.5 Å². The van der Waals surface area contributed by atoms with Crippen molar-refractivity contribution in [2.24, 2.45) is 0 Å². The molecule has 0 atom stereocenters. The number of nitrogens with zero attached hydrogens (tertiary/aromatic N) is 4. The second kappa shape index (κ2) is 10.6. The van der Waals surface area contributed by atoms with Gasteiger partial charge in [0.15, 0.2) is 0 Å².